The first kappa shape index (κ1) is 13.7. The smallest absolute Gasteiger partial charge is 0.367 e. The Morgan fingerprint density at radius 1 is 1.22 bits per heavy atom. The number of amides is 2. The monoisotopic (exact) mass is 247 g/mol. The van der Waals surface area contributed by atoms with E-state index >= 15 is 0 Å². The summed E-state index contributed by atoms with van der Waals surface area (Å²) >= 11 is 0. The van der Waals surface area contributed by atoms with E-state index in [4.69, 9.17) is 10.8 Å². The van der Waals surface area contributed by atoms with Crippen molar-refractivity contribution in [3.05, 3.63) is 35.9 Å². The number of aliphatic imine (C=N–C) groups is 2. The molecule has 0 bridgehead atoms. The number of aliphatic carboxylic acids is 1. The van der Waals surface area contributed by atoms with Crippen LogP contribution in [0.15, 0.2) is 40.3 Å². The van der Waals surface area contributed by atoms with E-state index in [-0.39, 0.29) is 0 Å². The predicted octanol–water partition coefficient (Wildman–Crippen LogP) is 0.903. The van der Waals surface area contributed by atoms with Crippen molar-refractivity contribution in [2.45, 2.75) is 12.5 Å². The first-order valence-electron chi connectivity index (χ1n) is 5.22. The molecule has 6 nitrogen and oxygen atoms in total. The van der Waals surface area contributed by atoms with Gasteiger partial charge < -0.3 is 10.8 Å². The molecular weight excluding hydrogens is 234 g/mol. The Balaban J connectivity index is 0.000000225. The minimum absolute atomic E-state index is 0.385. The first-order chi connectivity index (χ1) is 8.59. The summed E-state index contributed by atoms with van der Waals surface area (Å²) in [5, 5.41) is 8.52. The molecule has 1 atom stereocenters. The zero-order valence-electron chi connectivity index (χ0n) is 9.56. The van der Waals surface area contributed by atoms with Gasteiger partial charge in [0, 0.05) is 0 Å². The summed E-state index contributed by atoms with van der Waals surface area (Å²) in [5.74, 6) is -0.959. The Labute approximate surface area is 104 Å². The number of carboxylic acids is 1. The molecule has 2 rings (SSSR count). The molecule has 2 amide bonds. The van der Waals surface area contributed by atoms with Crippen molar-refractivity contribution in [1.29, 1.82) is 0 Å². The van der Waals surface area contributed by atoms with Crippen molar-refractivity contribution < 1.29 is 14.7 Å². The van der Waals surface area contributed by atoms with Crippen molar-refractivity contribution in [2.75, 3.05) is 0 Å². The van der Waals surface area contributed by atoms with Crippen molar-refractivity contribution in [3.63, 3.8) is 0 Å². The Hall–Kier alpha value is -2.34. The molecule has 1 aromatic rings. The summed E-state index contributed by atoms with van der Waals surface area (Å²) in [6.07, 6.45) is 3.11. The maximum absolute atomic E-state index is 10.4. The Morgan fingerprint density at radius 2 is 1.78 bits per heavy atom. The number of urea groups is 1. The fraction of sp³-hybridized carbons (Fsp3) is 0.167. The van der Waals surface area contributed by atoms with Gasteiger partial charge in [0.2, 0.25) is 0 Å². The highest BCUT2D eigenvalue weighted by Crippen LogP contribution is 2.01. The quantitative estimate of drug-likeness (QED) is 0.827. The van der Waals surface area contributed by atoms with Gasteiger partial charge >= 0.3 is 12.0 Å². The lowest BCUT2D eigenvalue weighted by atomic mass is 10.1. The van der Waals surface area contributed by atoms with Gasteiger partial charge in [-0.3, -0.25) is 4.79 Å². The minimum Gasteiger partial charge on any atom is -0.480 e. The van der Waals surface area contributed by atoms with Gasteiger partial charge in [0.05, 0.1) is 12.4 Å². The van der Waals surface area contributed by atoms with Crippen LogP contribution in [-0.4, -0.2) is 35.6 Å². The van der Waals surface area contributed by atoms with E-state index < -0.39 is 18.0 Å². The summed E-state index contributed by atoms with van der Waals surface area (Å²) in [4.78, 5) is 26.7. The molecule has 0 spiro atoms. The highest BCUT2D eigenvalue weighted by atomic mass is 16.4. The number of nitrogens with two attached hydrogens (primary N) is 1. The topological polar surface area (TPSA) is 105 Å². The maximum atomic E-state index is 10.4. The summed E-state index contributed by atoms with van der Waals surface area (Å²) < 4.78 is 0. The summed E-state index contributed by atoms with van der Waals surface area (Å²) in [5.41, 5.74) is 6.30. The fourth-order valence-electron chi connectivity index (χ4n) is 1.18. The summed E-state index contributed by atoms with van der Waals surface area (Å²) in [7, 11) is 0. The maximum Gasteiger partial charge on any atom is 0.367 e. The van der Waals surface area contributed by atoms with Crippen molar-refractivity contribution in [3.8, 4) is 0 Å². The van der Waals surface area contributed by atoms with Crippen LogP contribution in [0.4, 0.5) is 4.79 Å². The molecule has 0 saturated carbocycles. The van der Waals surface area contributed by atoms with E-state index in [2.05, 4.69) is 9.98 Å². The van der Waals surface area contributed by atoms with Gasteiger partial charge in [-0.2, -0.15) is 9.98 Å². The van der Waals surface area contributed by atoms with E-state index in [0.29, 0.717) is 6.42 Å². The van der Waals surface area contributed by atoms with Gasteiger partial charge in [-0.05, 0) is 12.0 Å². The van der Waals surface area contributed by atoms with Gasteiger partial charge in [0.15, 0.2) is 0 Å². The fourth-order valence-corrected chi connectivity index (χ4v) is 1.18. The zero-order valence-corrected chi connectivity index (χ0v) is 9.56. The van der Waals surface area contributed by atoms with Gasteiger partial charge in [-0.1, -0.05) is 30.3 Å². The normalized spacial score (nSPS) is 13.9. The Morgan fingerprint density at radius 3 is 2.17 bits per heavy atom. The SMILES string of the molecule is N[C@@H](Cc1ccccc1)C(=O)O.O=C1N=CC=N1. The van der Waals surface area contributed by atoms with E-state index in [1.54, 1.807) is 0 Å². The van der Waals surface area contributed by atoms with Gasteiger partial charge in [0.1, 0.15) is 6.04 Å². The highest BCUT2D eigenvalue weighted by molar-refractivity contribution is 6.25. The van der Waals surface area contributed by atoms with Crippen LogP contribution in [0, 0.1) is 0 Å². The molecule has 0 radical (unpaired) electrons. The molecule has 1 aliphatic heterocycles. The lowest BCUT2D eigenvalue weighted by molar-refractivity contribution is -0.138. The largest absolute Gasteiger partial charge is 0.480 e. The molecule has 1 aliphatic rings. The Kier molecular flexibility index (Phi) is 5.40. The zero-order chi connectivity index (χ0) is 13.4. The average molecular weight is 247 g/mol. The molecule has 1 heterocycles. The molecular formula is C12H13N3O3. The van der Waals surface area contributed by atoms with E-state index in [1.807, 2.05) is 30.3 Å². The number of carbonyl (C=O) groups excluding carboxylic acids is 1. The van der Waals surface area contributed by atoms with E-state index in [1.165, 1.54) is 12.4 Å². The molecule has 94 valence electrons. The number of carboxylic acid groups (broad SMARTS) is 1. The molecule has 1 aromatic carbocycles. The van der Waals surface area contributed by atoms with Crippen molar-refractivity contribution >= 4 is 24.4 Å². The van der Waals surface area contributed by atoms with Crippen LogP contribution in [0.2, 0.25) is 0 Å². The third-order valence-electron chi connectivity index (χ3n) is 2.05. The van der Waals surface area contributed by atoms with Crippen LogP contribution in [-0.2, 0) is 11.2 Å². The van der Waals surface area contributed by atoms with Gasteiger partial charge in [-0.15, -0.1) is 0 Å². The molecule has 18 heavy (non-hydrogen) atoms. The van der Waals surface area contributed by atoms with Crippen LogP contribution >= 0.6 is 0 Å². The van der Waals surface area contributed by atoms with Gasteiger partial charge in [-0.25, -0.2) is 4.79 Å². The molecule has 0 unspecified atom stereocenters. The predicted molar refractivity (Wildman–Crippen MR) is 68.1 cm³/mol. The average Bonchev–Trinajstić information content (AvgIpc) is 2.82. The lowest BCUT2D eigenvalue weighted by Crippen LogP contribution is -2.32. The highest BCUT2D eigenvalue weighted by Gasteiger charge is 2.10. The number of rotatable bonds is 3. The molecule has 3 N–H and O–H groups in total. The molecule has 6 heteroatoms. The molecule has 0 saturated heterocycles. The molecule has 0 aromatic heterocycles. The standard InChI is InChI=1S/C9H11NO2.C3H2N2O/c10-8(9(11)12)6-7-4-2-1-3-5-7;6-3-4-1-2-5-3/h1-5,8H,6,10H2,(H,11,12);1-2H/t8-;/m0./s1. The van der Waals surface area contributed by atoms with Gasteiger partial charge in [0.25, 0.3) is 0 Å². The van der Waals surface area contributed by atoms with Crippen LogP contribution in [0.25, 0.3) is 0 Å². The molecule has 0 aliphatic carbocycles. The molecule has 0 fully saturated rings. The second-order valence-electron chi connectivity index (χ2n) is 3.47. The van der Waals surface area contributed by atoms with E-state index in [0.717, 1.165) is 5.56 Å². The second-order valence-corrected chi connectivity index (χ2v) is 3.47. The summed E-state index contributed by atoms with van der Waals surface area (Å²) in [6, 6.07) is 8.14. The third-order valence-corrected chi connectivity index (χ3v) is 2.05. The number of hydrogen-bond donors (Lipinski definition) is 2. The Bertz CT molecular complexity index is 455. The van der Waals surface area contributed by atoms with Crippen LogP contribution in [0.5, 0.6) is 0 Å². The minimum atomic E-state index is -0.959. The number of benzene rings is 1. The van der Waals surface area contributed by atoms with E-state index in [9.17, 15) is 9.59 Å². The summed E-state index contributed by atoms with van der Waals surface area (Å²) in [6.45, 7) is 0. The van der Waals surface area contributed by atoms with Crippen LogP contribution in [0.1, 0.15) is 5.56 Å². The van der Waals surface area contributed by atoms with Crippen molar-refractivity contribution in [2.24, 2.45) is 15.7 Å². The number of hydrogen-bond acceptors (Lipinski definition) is 3. The third kappa shape index (κ3) is 5.13. The lowest BCUT2D eigenvalue weighted by Gasteiger charge is -2.04. The second kappa shape index (κ2) is 7.08. The number of carbonyl (C=O) groups is 2. The van der Waals surface area contributed by atoms with Crippen molar-refractivity contribution in [1.82, 2.24) is 0 Å². The number of nitrogens with zero attached hydrogens (tertiary/aromatic N) is 2. The first-order valence-corrected chi connectivity index (χ1v) is 5.22. The van der Waals surface area contributed by atoms with Crippen LogP contribution < -0.4 is 5.73 Å². The van der Waals surface area contributed by atoms with Crippen LogP contribution in [0.3, 0.4) is 0 Å².